The zero-order valence-corrected chi connectivity index (χ0v) is 16.8. The molecule has 6 nitrogen and oxygen atoms in total. The molecule has 0 aromatic heterocycles. The van der Waals surface area contributed by atoms with Crippen LogP contribution in [0.25, 0.3) is 0 Å². The van der Waals surface area contributed by atoms with Gasteiger partial charge in [0.1, 0.15) is 0 Å². The Hall–Kier alpha value is -2.47. The fourth-order valence-electron chi connectivity index (χ4n) is 2.57. The Morgan fingerprint density at radius 2 is 1.63 bits per heavy atom. The van der Waals surface area contributed by atoms with Crippen molar-refractivity contribution in [3.63, 3.8) is 0 Å². The predicted molar refractivity (Wildman–Crippen MR) is 109 cm³/mol. The topological polar surface area (TPSA) is 78.5 Å². The minimum atomic E-state index is -0.375. The van der Waals surface area contributed by atoms with E-state index in [0.29, 0.717) is 23.4 Å². The molecule has 1 aromatic carbocycles. The SMILES string of the molecule is CCN(CC)CCCCNC(=O)/C(C)=C\C(=O)Nc1ccc(C(C)=O)cc1. The monoisotopic (exact) mass is 373 g/mol. The predicted octanol–water partition coefficient (Wildman–Crippen LogP) is 3.01. The van der Waals surface area contributed by atoms with Gasteiger partial charge in [-0.05, 0) is 70.6 Å². The van der Waals surface area contributed by atoms with Crippen molar-refractivity contribution < 1.29 is 14.4 Å². The molecule has 0 saturated heterocycles. The molecule has 1 rings (SSSR count). The van der Waals surface area contributed by atoms with Crippen molar-refractivity contribution in [2.24, 2.45) is 0 Å². The van der Waals surface area contributed by atoms with E-state index in [1.165, 1.54) is 13.0 Å². The van der Waals surface area contributed by atoms with Crippen molar-refractivity contribution in [2.75, 3.05) is 31.5 Å². The van der Waals surface area contributed by atoms with Gasteiger partial charge in [-0.15, -0.1) is 0 Å². The third-order valence-electron chi connectivity index (χ3n) is 4.35. The van der Waals surface area contributed by atoms with Crippen LogP contribution < -0.4 is 10.6 Å². The molecule has 0 aliphatic rings. The van der Waals surface area contributed by atoms with Crippen LogP contribution in [0.4, 0.5) is 5.69 Å². The lowest BCUT2D eigenvalue weighted by atomic mass is 10.1. The summed E-state index contributed by atoms with van der Waals surface area (Å²) < 4.78 is 0. The van der Waals surface area contributed by atoms with Gasteiger partial charge in [0.05, 0.1) is 0 Å². The van der Waals surface area contributed by atoms with Gasteiger partial charge in [-0.3, -0.25) is 14.4 Å². The molecule has 0 unspecified atom stereocenters. The highest BCUT2D eigenvalue weighted by molar-refractivity contribution is 6.06. The molecule has 0 heterocycles. The van der Waals surface area contributed by atoms with E-state index in [9.17, 15) is 14.4 Å². The van der Waals surface area contributed by atoms with Gasteiger partial charge in [-0.1, -0.05) is 13.8 Å². The van der Waals surface area contributed by atoms with Crippen LogP contribution in [0.15, 0.2) is 35.9 Å². The molecule has 0 bridgehead atoms. The Balaban J connectivity index is 2.39. The normalized spacial score (nSPS) is 11.4. The molecule has 0 atom stereocenters. The minimum Gasteiger partial charge on any atom is -0.352 e. The van der Waals surface area contributed by atoms with E-state index in [2.05, 4.69) is 29.4 Å². The van der Waals surface area contributed by atoms with E-state index in [1.54, 1.807) is 31.2 Å². The summed E-state index contributed by atoms with van der Waals surface area (Å²) in [6, 6.07) is 6.63. The molecule has 0 spiro atoms. The van der Waals surface area contributed by atoms with Crippen molar-refractivity contribution >= 4 is 23.3 Å². The second kappa shape index (κ2) is 12.0. The number of unbranched alkanes of at least 4 members (excludes halogenated alkanes) is 1. The number of nitrogens with zero attached hydrogens (tertiary/aromatic N) is 1. The van der Waals surface area contributed by atoms with E-state index in [4.69, 9.17) is 0 Å². The summed E-state index contributed by atoms with van der Waals surface area (Å²) in [7, 11) is 0. The number of anilines is 1. The van der Waals surface area contributed by atoms with Gasteiger partial charge < -0.3 is 15.5 Å². The van der Waals surface area contributed by atoms with Crippen LogP contribution in [0.5, 0.6) is 0 Å². The van der Waals surface area contributed by atoms with Gasteiger partial charge in [0.15, 0.2) is 5.78 Å². The summed E-state index contributed by atoms with van der Waals surface area (Å²) in [4.78, 5) is 37.7. The smallest absolute Gasteiger partial charge is 0.248 e. The van der Waals surface area contributed by atoms with E-state index in [-0.39, 0.29) is 17.6 Å². The molecule has 6 heteroatoms. The lowest BCUT2D eigenvalue weighted by Gasteiger charge is -2.17. The Bertz CT molecular complexity index is 662. The first-order valence-electron chi connectivity index (χ1n) is 9.48. The number of Topliss-reactive ketones (excluding diaryl/α,β-unsaturated/α-hetero) is 1. The summed E-state index contributed by atoms with van der Waals surface area (Å²) >= 11 is 0. The number of carbonyl (C=O) groups excluding carboxylic acids is 3. The Morgan fingerprint density at radius 1 is 1.00 bits per heavy atom. The molecule has 0 aliphatic carbocycles. The first kappa shape index (κ1) is 22.6. The van der Waals surface area contributed by atoms with E-state index in [0.717, 1.165) is 32.5 Å². The maximum Gasteiger partial charge on any atom is 0.248 e. The summed E-state index contributed by atoms with van der Waals surface area (Å²) in [6.45, 7) is 11.1. The van der Waals surface area contributed by atoms with Crippen LogP contribution in [-0.4, -0.2) is 48.7 Å². The number of ketones is 1. The number of amides is 2. The zero-order valence-electron chi connectivity index (χ0n) is 16.8. The van der Waals surface area contributed by atoms with E-state index < -0.39 is 0 Å². The minimum absolute atomic E-state index is 0.0302. The summed E-state index contributed by atoms with van der Waals surface area (Å²) in [6.07, 6.45) is 3.22. The maximum absolute atomic E-state index is 12.1. The summed E-state index contributed by atoms with van der Waals surface area (Å²) in [5.74, 6) is -0.642. The molecule has 148 valence electrons. The third-order valence-corrected chi connectivity index (χ3v) is 4.35. The molecule has 1 aromatic rings. The van der Waals surface area contributed by atoms with Crippen LogP contribution in [-0.2, 0) is 9.59 Å². The maximum atomic E-state index is 12.1. The highest BCUT2D eigenvalue weighted by Gasteiger charge is 2.07. The van der Waals surface area contributed by atoms with Gasteiger partial charge in [-0.25, -0.2) is 0 Å². The lowest BCUT2D eigenvalue weighted by molar-refractivity contribution is -0.118. The van der Waals surface area contributed by atoms with Crippen LogP contribution in [0.3, 0.4) is 0 Å². The number of hydrogen-bond donors (Lipinski definition) is 2. The average Bonchev–Trinajstić information content (AvgIpc) is 2.64. The zero-order chi connectivity index (χ0) is 20.2. The Labute approximate surface area is 162 Å². The molecular weight excluding hydrogens is 342 g/mol. The number of hydrogen-bond acceptors (Lipinski definition) is 4. The molecule has 2 amide bonds. The first-order valence-corrected chi connectivity index (χ1v) is 9.48. The standard InChI is InChI=1S/C21H31N3O3/c1-5-24(6-2)14-8-7-13-22-21(27)16(3)15-20(26)23-19-11-9-18(10-12-19)17(4)25/h9-12,15H,5-8,13-14H2,1-4H3,(H,22,27)(H,23,26)/b16-15-. The molecule has 27 heavy (non-hydrogen) atoms. The van der Waals surface area contributed by atoms with Gasteiger partial charge in [0.2, 0.25) is 11.8 Å². The highest BCUT2D eigenvalue weighted by Crippen LogP contribution is 2.10. The quantitative estimate of drug-likeness (QED) is 0.355. The third kappa shape index (κ3) is 8.64. The second-order valence-electron chi connectivity index (χ2n) is 6.44. The van der Waals surface area contributed by atoms with E-state index >= 15 is 0 Å². The largest absolute Gasteiger partial charge is 0.352 e. The Morgan fingerprint density at radius 3 is 2.19 bits per heavy atom. The van der Waals surface area contributed by atoms with Crippen molar-refractivity contribution in [1.29, 1.82) is 0 Å². The van der Waals surface area contributed by atoms with Gasteiger partial charge in [0, 0.05) is 29.4 Å². The lowest BCUT2D eigenvalue weighted by Crippen LogP contribution is -2.28. The van der Waals surface area contributed by atoms with Crippen LogP contribution >= 0.6 is 0 Å². The number of rotatable bonds is 11. The molecule has 0 saturated carbocycles. The molecule has 0 radical (unpaired) electrons. The van der Waals surface area contributed by atoms with Crippen molar-refractivity contribution in [3.05, 3.63) is 41.5 Å². The molecular formula is C21H31N3O3. The first-order chi connectivity index (χ1) is 12.9. The summed E-state index contributed by atoms with van der Waals surface area (Å²) in [5.41, 5.74) is 1.52. The van der Waals surface area contributed by atoms with Crippen molar-refractivity contribution in [1.82, 2.24) is 10.2 Å². The van der Waals surface area contributed by atoms with Crippen LogP contribution in [0, 0.1) is 0 Å². The fraction of sp³-hybridized carbons (Fsp3) is 0.476. The highest BCUT2D eigenvalue weighted by atomic mass is 16.2. The van der Waals surface area contributed by atoms with Gasteiger partial charge >= 0.3 is 0 Å². The van der Waals surface area contributed by atoms with Gasteiger partial charge in [-0.2, -0.15) is 0 Å². The average molecular weight is 373 g/mol. The summed E-state index contributed by atoms with van der Waals surface area (Å²) in [5, 5.41) is 5.52. The van der Waals surface area contributed by atoms with Crippen LogP contribution in [0.1, 0.15) is 50.9 Å². The second-order valence-corrected chi connectivity index (χ2v) is 6.44. The number of benzene rings is 1. The molecule has 0 fully saturated rings. The van der Waals surface area contributed by atoms with E-state index in [1.807, 2.05) is 0 Å². The van der Waals surface area contributed by atoms with Crippen molar-refractivity contribution in [3.8, 4) is 0 Å². The van der Waals surface area contributed by atoms with Gasteiger partial charge in [0.25, 0.3) is 0 Å². The number of carbonyl (C=O) groups is 3. The molecule has 2 N–H and O–H groups in total. The molecule has 0 aliphatic heterocycles. The number of nitrogens with one attached hydrogen (secondary N) is 2. The fourth-order valence-corrected chi connectivity index (χ4v) is 2.57. The Kier molecular flexibility index (Phi) is 10.0. The van der Waals surface area contributed by atoms with Crippen molar-refractivity contribution in [2.45, 2.75) is 40.5 Å². The van der Waals surface area contributed by atoms with Crippen LogP contribution in [0.2, 0.25) is 0 Å².